The predicted octanol–water partition coefficient (Wildman–Crippen LogP) is 3.83. The van der Waals surface area contributed by atoms with Crippen molar-refractivity contribution in [3.05, 3.63) is 29.6 Å². The van der Waals surface area contributed by atoms with Crippen molar-refractivity contribution in [1.82, 2.24) is 0 Å². The maximum atomic E-state index is 13.5. The topological polar surface area (TPSA) is 55.8 Å². The van der Waals surface area contributed by atoms with Crippen molar-refractivity contribution >= 4 is 5.97 Å². The maximum Gasteiger partial charge on any atom is 0.425 e. The molecular formula is C15H18F4O4. The number of hydrogen-bond donors (Lipinski definition) is 1. The summed E-state index contributed by atoms with van der Waals surface area (Å²) >= 11 is 0. The molecule has 130 valence electrons. The summed E-state index contributed by atoms with van der Waals surface area (Å²) in [5.74, 6) is -3.00. The zero-order chi connectivity index (χ0) is 17.5. The number of benzene rings is 1. The fourth-order valence-electron chi connectivity index (χ4n) is 1.90. The van der Waals surface area contributed by atoms with Crippen molar-refractivity contribution in [3.8, 4) is 5.75 Å². The second kappa shape index (κ2) is 8.71. The molecule has 0 spiro atoms. The summed E-state index contributed by atoms with van der Waals surface area (Å²) in [4.78, 5) is 11.7. The first-order valence-electron chi connectivity index (χ1n) is 7.01. The van der Waals surface area contributed by atoms with E-state index < -0.39 is 41.8 Å². The molecule has 0 radical (unpaired) electrons. The molecule has 1 aromatic rings. The molecule has 0 saturated heterocycles. The van der Waals surface area contributed by atoms with Crippen LogP contribution in [0.5, 0.6) is 5.75 Å². The molecule has 1 unspecified atom stereocenters. The monoisotopic (exact) mass is 338 g/mol. The van der Waals surface area contributed by atoms with E-state index in [0.717, 1.165) is 12.1 Å². The van der Waals surface area contributed by atoms with Gasteiger partial charge in [-0.2, -0.15) is 13.2 Å². The molecule has 1 aromatic carbocycles. The Labute approximate surface area is 131 Å². The largest absolute Gasteiger partial charge is 0.508 e. The molecule has 8 heteroatoms. The molecule has 1 atom stereocenters. The fourth-order valence-corrected chi connectivity index (χ4v) is 1.90. The number of halogens is 4. The van der Waals surface area contributed by atoms with Gasteiger partial charge in [0, 0.05) is 19.8 Å². The van der Waals surface area contributed by atoms with Gasteiger partial charge >= 0.3 is 12.1 Å². The summed E-state index contributed by atoms with van der Waals surface area (Å²) in [6, 6.07) is 2.50. The molecule has 0 aliphatic carbocycles. The fraction of sp³-hybridized carbons (Fsp3) is 0.533. The highest BCUT2D eigenvalue weighted by atomic mass is 19.4. The van der Waals surface area contributed by atoms with E-state index in [4.69, 9.17) is 9.84 Å². The highest BCUT2D eigenvalue weighted by Gasteiger charge is 2.42. The zero-order valence-electron chi connectivity index (χ0n) is 12.5. The molecule has 0 bridgehead atoms. The number of esters is 1. The van der Waals surface area contributed by atoms with Crippen LogP contribution in [0.25, 0.3) is 0 Å². The quantitative estimate of drug-likeness (QED) is 0.445. The lowest BCUT2D eigenvalue weighted by Gasteiger charge is -2.20. The standard InChI is InChI=1S/C15H18F4O4/c1-22-8-4-2-3-5-13(15(17,18)19)23-14(21)11-7-6-10(20)9-12(11)16/h6-7,9,13,20H,2-5,8H2,1H3. The Morgan fingerprint density at radius 1 is 1.26 bits per heavy atom. The number of ether oxygens (including phenoxy) is 2. The van der Waals surface area contributed by atoms with Crippen LogP contribution in [0.3, 0.4) is 0 Å². The van der Waals surface area contributed by atoms with Crippen LogP contribution in [-0.2, 0) is 9.47 Å². The van der Waals surface area contributed by atoms with Crippen LogP contribution in [0.1, 0.15) is 36.0 Å². The van der Waals surface area contributed by atoms with Gasteiger partial charge in [-0.25, -0.2) is 9.18 Å². The Bertz CT molecular complexity index is 517. The first kappa shape index (κ1) is 19.2. The van der Waals surface area contributed by atoms with Crippen LogP contribution in [0.15, 0.2) is 18.2 Å². The van der Waals surface area contributed by atoms with E-state index in [2.05, 4.69) is 4.74 Å². The van der Waals surface area contributed by atoms with Gasteiger partial charge in [0.1, 0.15) is 11.6 Å². The van der Waals surface area contributed by atoms with E-state index in [1.165, 1.54) is 7.11 Å². The number of unbranched alkanes of at least 4 members (excludes halogenated alkanes) is 2. The third-order valence-corrected chi connectivity index (χ3v) is 3.10. The minimum Gasteiger partial charge on any atom is -0.508 e. The van der Waals surface area contributed by atoms with E-state index in [1.807, 2.05) is 0 Å². The van der Waals surface area contributed by atoms with Crippen molar-refractivity contribution in [1.29, 1.82) is 0 Å². The Kier molecular flexibility index (Phi) is 7.28. The number of carbonyl (C=O) groups excluding carboxylic acids is 1. The predicted molar refractivity (Wildman–Crippen MR) is 73.7 cm³/mol. The van der Waals surface area contributed by atoms with Gasteiger partial charge in [-0.15, -0.1) is 0 Å². The normalized spacial score (nSPS) is 12.9. The molecule has 0 aliphatic heterocycles. The van der Waals surface area contributed by atoms with E-state index in [-0.39, 0.29) is 6.42 Å². The average molecular weight is 338 g/mol. The Hall–Kier alpha value is -1.83. The number of methoxy groups -OCH3 is 1. The minimum absolute atomic E-state index is 0.193. The van der Waals surface area contributed by atoms with Crippen molar-refractivity contribution in [2.45, 2.75) is 38.0 Å². The second-order valence-corrected chi connectivity index (χ2v) is 4.94. The first-order valence-corrected chi connectivity index (χ1v) is 7.01. The average Bonchev–Trinajstić information content (AvgIpc) is 2.44. The number of rotatable bonds is 8. The second-order valence-electron chi connectivity index (χ2n) is 4.94. The number of phenols is 1. The lowest BCUT2D eigenvalue weighted by Crippen LogP contribution is -2.34. The zero-order valence-corrected chi connectivity index (χ0v) is 12.5. The van der Waals surface area contributed by atoms with E-state index in [1.54, 1.807) is 0 Å². The summed E-state index contributed by atoms with van der Waals surface area (Å²) in [6.45, 7) is 0.440. The van der Waals surface area contributed by atoms with Gasteiger partial charge in [-0.3, -0.25) is 0 Å². The van der Waals surface area contributed by atoms with Crippen molar-refractivity contribution < 1.29 is 36.9 Å². The lowest BCUT2D eigenvalue weighted by atomic mass is 10.1. The summed E-state index contributed by atoms with van der Waals surface area (Å²) < 4.78 is 61.4. The summed E-state index contributed by atoms with van der Waals surface area (Å²) in [7, 11) is 1.49. The van der Waals surface area contributed by atoms with E-state index >= 15 is 0 Å². The van der Waals surface area contributed by atoms with Crippen molar-refractivity contribution in [2.75, 3.05) is 13.7 Å². The molecule has 1 N–H and O–H groups in total. The Balaban J connectivity index is 2.67. The van der Waals surface area contributed by atoms with Gasteiger partial charge in [0.15, 0.2) is 6.10 Å². The molecule has 1 rings (SSSR count). The molecule has 0 aromatic heterocycles. The number of phenolic OH excluding ortho intramolecular Hbond substituents is 1. The van der Waals surface area contributed by atoms with Gasteiger partial charge in [-0.05, 0) is 31.4 Å². The molecule has 23 heavy (non-hydrogen) atoms. The molecule has 0 saturated carbocycles. The SMILES string of the molecule is COCCCCCC(OC(=O)c1ccc(O)cc1F)C(F)(F)F. The highest BCUT2D eigenvalue weighted by molar-refractivity contribution is 5.90. The Morgan fingerprint density at radius 3 is 2.52 bits per heavy atom. The van der Waals surface area contributed by atoms with Gasteiger partial charge in [-0.1, -0.05) is 6.42 Å². The molecule has 0 fully saturated rings. The highest BCUT2D eigenvalue weighted by Crippen LogP contribution is 2.28. The maximum absolute atomic E-state index is 13.5. The van der Waals surface area contributed by atoms with Crippen LogP contribution < -0.4 is 0 Å². The van der Waals surface area contributed by atoms with Crippen LogP contribution in [-0.4, -0.2) is 37.1 Å². The van der Waals surface area contributed by atoms with Gasteiger partial charge in [0.05, 0.1) is 5.56 Å². The van der Waals surface area contributed by atoms with E-state index in [9.17, 15) is 22.4 Å². The van der Waals surface area contributed by atoms with Gasteiger partial charge in [0.25, 0.3) is 0 Å². The molecule has 4 nitrogen and oxygen atoms in total. The molecule has 0 amide bonds. The minimum atomic E-state index is -4.73. The van der Waals surface area contributed by atoms with Crippen LogP contribution in [0, 0.1) is 5.82 Å². The number of carbonyl (C=O) groups is 1. The molecular weight excluding hydrogens is 320 g/mol. The van der Waals surface area contributed by atoms with Gasteiger partial charge in [0.2, 0.25) is 0 Å². The third-order valence-electron chi connectivity index (χ3n) is 3.10. The summed E-state index contributed by atoms with van der Waals surface area (Å²) in [6.07, 6.45) is -6.15. The van der Waals surface area contributed by atoms with Gasteiger partial charge < -0.3 is 14.6 Å². The first-order chi connectivity index (χ1) is 10.8. The van der Waals surface area contributed by atoms with Crippen LogP contribution in [0.2, 0.25) is 0 Å². The van der Waals surface area contributed by atoms with Crippen molar-refractivity contribution in [3.63, 3.8) is 0 Å². The number of hydrogen-bond acceptors (Lipinski definition) is 4. The van der Waals surface area contributed by atoms with Crippen LogP contribution >= 0.6 is 0 Å². The van der Waals surface area contributed by atoms with E-state index in [0.29, 0.717) is 25.5 Å². The Morgan fingerprint density at radius 2 is 1.96 bits per heavy atom. The molecule has 0 aliphatic rings. The lowest BCUT2D eigenvalue weighted by molar-refractivity contribution is -0.206. The third kappa shape index (κ3) is 6.43. The summed E-state index contributed by atoms with van der Waals surface area (Å²) in [5.41, 5.74) is -0.656. The number of alkyl halides is 3. The van der Waals surface area contributed by atoms with Crippen LogP contribution in [0.4, 0.5) is 17.6 Å². The van der Waals surface area contributed by atoms with Crippen molar-refractivity contribution in [2.24, 2.45) is 0 Å². The smallest absolute Gasteiger partial charge is 0.425 e. The summed E-state index contributed by atoms with van der Waals surface area (Å²) in [5, 5.41) is 9.04. The molecule has 0 heterocycles. The number of aromatic hydroxyl groups is 1.